The minimum Gasteiger partial charge on any atom is -0.481 e. The molecule has 1 heterocycles. The Labute approximate surface area is 148 Å². The van der Waals surface area contributed by atoms with Crippen LogP contribution in [0.5, 0.6) is 0 Å². The molecule has 7 nitrogen and oxygen atoms in total. The Hall–Kier alpha value is -1.93. The van der Waals surface area contributed by atoms with E-state index in [2.05, 4.69) is 0 Å². The number of carboxylic acids is 1. The minimum atomic E-state index is -3.65. The zero-order chi connectivity index (χ0) is 18.8. The van der Waals surface area contributed by atoms with Crippen LogP contribution in [-0.2, 0) is 14.8 Å². The zero-order valence-corrected chi connectivity index (χ0v) is 15.5. The molecule has 1 aromatic rings. The number of sulfonamides is 1. The van der Waals surface area contributed by atoms with Crippen LogP contribution in [0.15, 0.2) is 23.1 Å². The molecule has 0 spiro atoms. The number of likely N-dealkylation sites (tertiary alicyclic amines) is 1. The van der Waals surface area contributed by atoms with Crippen LogP contribution in [0.25, 0.3) is 0 Å². The molecule has 1 saturated heterocycles. The Balaban J connectivity index is 2.34. The van der Waals surface area contributed by atoms with Gasteiger partial charge in [0.05, 0.1) is 10.8 Å². The van der Waals surface area contributed by atoms with Gasteiger partial charge in [0.2, 0.25) is 10.0 Å². The lowest BCUT2D eigenvalue weighted by Gasteiger charge is -2.21. The van der Waals surface area contributed by atoms with E-state index in [-0.39, 0.29) is 17.3 Å². The molecule has 0 aromatic heterocycles. The topological polar surface area (TPSA) is 95.0 Å². The average Bonchev–Trinajstić information content (AvgIpc) is 3.05. The van der Waals surface area contributed by atoms with Gasteiger partial charge in [0, 0.05) is 31.7 Å². The van der Waals surface area contributed by atoms with Gasteiger partial charge in [0.15, 0.2) is 0 Å². The maximum absolute atomic E-state index is 12.7. The van der Waals surface area contributed by atoms with Crippen molar-refractivity contribution in [1.82, 2.24) is 9.21 Å². The van der Waals surface area contributed by atoms with E-state index < -0.39 is 21.9 Å². The summed E-state index contributed by atoms with van der Waals surface area (Å²) in [5, 5.41) is 9.08. The molecule has 1 unspecified atom stereocenters. The van der Waals surface area contributed by atoms with Gasteiger partial charge in [0.1, 0.15) is 0 Å². The number of carbonyl (C=O) groups excluding carboxylic acids is 1. The Morgan fingerprint density at radius 2 is 1.92 bits per heavy atom. The Kier molecular flexibility index (Phi) is 5.84. The molecule has 0 saturated carbocycles. The molecule has 0 aliphatic carbocycles. The summed E-state index contributed by atoms with van der Waals surface area (Å²) < 4.78 is 26.7. The second-order valence-corrected chi connectivity index (χ2v) is 8.08. The third-order valence-corrected chi connectivity index (χ3v) is 6.65. The number of amides is 1. The van der Waals surface area contributed by atoms with E-state index in [4.69, 9.17) is 5.11 Å². The van der Waals surface area contributed by atoms with Crippen LogP contribution >= 0.6 is 0 Å². The normalized spacial score (nSPS) is 17.9. The number of hydrogen-bond acceptors (Lipinski definition) is 4. The summed E-state index contributed by atoms with van der Waals surface area (Å²) >= 11 is 0. The summed E-state index contributed by atoms with van der Waals surface area (Å²) in [5.41, 5.74) is 0.974. The first-order chi connectivity index (χ1) is 11.7. The van der Waals surface area contributed by atoms with Crippen LogP contribution in [0.2, 0.25) is 0 Å². The largest absolute Gasteiger partial charge is 0.481 e. The number of nitrogens with zero attached hydrogens (tertiary/aromatic N) is 2. The third kappa shape index (κ3) is 3.85. The van der Waals surface area contributed by atoms with Gasteiger partial charge >= 0.3 is 5.97 Å². The van der Waals surface area contributed by atoms with E-state index in [0.717, 1.165) is 0 Å². The Morgan fingerprint density at radius 1 is 1.28 bits per heavy atom. The van der Waals surface area contributed by atoms with Gasteiger partial charge in [-0.3, -0.25) is 9.59 Å². The Bertz CT molecular complexity index is 771. The summed E-state index contributed by atoms with van der Waals surface area (Å²) in [6, 6.07) is 4.53. The highest BCUT2D eigenvalue weighted by atomic mass is 32.2. The van der Waals surface area contributed by atoms with Crippen molar-refractivity contribution in [2.45, 2.75) is 32.1 Å². The molecule has 1 aromatic carbocycles. The molecule has 8 heteroatoms. The molecule has 1 aliphatic rings. The van der Waals surface area contributed by atoms with Gasteiger partial charge in [-0.25, -0.2) is 8.42 Å². The Morgan fingerprint density at radius 3 is 2.44 bits per heavy atom. The lowest BCUT2D eigenvalue weighted by atomic mass is 10.1. The van der Waals surface area contributed by atoms with Crippen LogP contribution in [0.1, 0.15) is 36.2 Å². The summed E-state index contributed by atoms with van der Waals surface area (Å²) in [4.78, 5) is 25.4. The lowest BCUT2D eigenvalue weighted by Crippen LogP contribution is -2.32. The molecule has 25 heavy (non-hydrogen) atoms. The maximum Gasteiger partial charge on any atom is 0.308 e. The van der Waals surface area contributed by atoms with Crippen molar-refractivity contribution in [3.8, 4) is 0 Å². The highest BCUT2D eigenvalue weighted by molar-refractivity contribution is 7.89. The highest BCUT2D eigenvalue weighted by Gasteiger charge is 2.32. The summed E-state index contributed by atoms with van der Waals surface area (Å²) in [5.74, 6) is -1.80. The molecule has 138 valence electrons. The summed E-state index contributed by atoms with van der Waals surface area (Å²) in [6.45, 7) is 6.48. The fourth-order valence-corrected chi connectivity index (χ4v) is 4.51. The van der Waals surface area contributed by atoms with Gasteiger partial charge < -0.3 is 10.0 Å². The second-order valence-electron chi connectivity index (χ2n) is 6.14. The van der Waals surface area contributed by atoms with E-state index >= 15 is 0 Å². The van der Waals surface area contributed by atoms with Crippen molar-refractivity contribution in [3.63, 3.8) is 0 Å². The molecular weight excluding hydrogens is 344 g/mol. The van der Waals surface area contributed by atoms with E-state index in [1.807, 2.05) is 0 Å². The molecule has 1 aliphatic heterocycles. The molecule has 0 bridgehead atoms. The molecule has 0 radical (unpaired) electrons. The fraction of sp³-hybridized carbons (Fsp3) is 0.529. The van der Waals surface area contributed by atoms with Crippen molar-refractivity contribution < 1.29 is 23.1 Å². The van der Waals surface area contributed by atoms with E-state index in [0.29, 0.717) is 37.2 Å². The van der Waals surface area contributed by atoms with Crippen LogP contribution in [0, 0.1) is 12.8 Å². The molecular formula is C17H24N2O5S. The number of carbonyl (C=O) groups is 2. The van der Waals surface area contributed by atoms with E-state index in [1.54, 1.807) is 26.8 Å². The summed E-state index contributed by atoms with van der Waals surface area (Å²) in [7, 11) is -3.65. The maximum atomic E-state index is 12.7. The number of carboxylic acid groups (broad SMARTS) is 1. The number of benzene rings is 1. The first kappa shape index (κ1) is 19.4. The number of rotatable bonds is 6. The van der Waals surface area contributed by atoms with Gasteiger partial charge in [0.25, 0.3) is 5.91 Å². The smallest absolute Gasteiger partial charge is 0.308 e. The van der Waals surface area contributed by atoms with Crippen LogP contribution in [0.3, 0.4) is 0 Å². The van der Waals surface area contributed by atoms with Gasteiger partial charge in [-0.2, -0.15) is 4.31 Å². The van der Waals surface area contributed by atoms with Crippen molar-refractivity contribution in [2.24, 2.45) is 5.92 Å². The monoisotopic (exact) mass is 368 g/mol. The number of hydrogen-bond donors (Lipinski definition) is 1. The fourth-order valence-electron chi connectivity index (χ4n) is 3.02. The average molecular weight is 368 g/mol. The molecule has 1 amide bonds. The molecule has 1 fully saturated rings. The number of aliphatic carboxylic acids is 1. The van der Waals surface area contributed by atoms with Crippen molar-refractivity contribution in [1.29, 1.82) is 0 Å². The van der Waals surface area contributed by atoms with Crippen molar-refractivity contribution >= 4 is 21.9 Å². The predicted molar refractivity (Wildman–Crippen MR) is 92.9 cm³/mol. The van der Waals surface area contributed by atoms with E-state index in [9.17, 15) is 18.0 Å². The zero-order valence-electron chi connectivity index (χ0n) is 14.7. The van der Waals surface area contributed by atoms with Crippen LogP contribution < -0.4 is 0 Å². The van der Waals surface area contributed by atoms with E-state index in [1.165, 1.54) is 21.3 Å². The van der Waals surface area contributed by atoms with Gasteiger partial charge in [-0.15, -0.1) is 0 Å². The van der Waals surface area contributed by atoms with Gasteiger partial charge in [-0.1, -0.05) is 19.9 Å². The van der Waals surface area contributed by atoms with Gasteiger partial charge in [-0.05, 0) is 31.0 Å². The highest BCUT2D eigenvalue weighted by Crippen LogP contribution is 2.24. The second kappa shape index (κ2) is 7.53. The first-order valence-corrected chi connectivity index (χ1v) is 9.79. The standard InChI is InChI=1S/C17H24N2O5S/c1-4-19(5-2)25(23,24)14-7-6-12(3)15(10-14)16(20)18-9-8-13(11-18)17(21)22/h6-7,10,13H,4-5,8-9,11H2,1-3H3,(H,21,22). The molecule has 1 atom stereocenters. The predicted octanol–water partition coefficient (Wildman–Crippen LogP) is 1.57. The lowest BCUT2D eigenvalue weighted by molar-refractivity contribution is -0.141. The van der Waals surface area contributed by atoms with Crippen LogP contribution in [0.4, 0.5) is 0 Å². The van der Waals surface area contributed by atoms with Crippen LogP contribution in [-0.4, -0.2) is 60.8 Å². The number of aryl methyl sites for hydroxylation is 1. The summed E-state index contributed by atoms with van der Waals surface area (Å²) in [6.07, 6.45) is 0.414. The molecule has 1 N–H and O–H groups in total. The molecule has 2 rings (SSSR count). The minimum absolute atomic E-state index is 0.0825. The van der Waals surface area contributed by atoms with Crippen molar-refractivity contribution in [2.75, 3.05) is 26.2 Å². The van der Waals surface area contributed by atoms with Crippen molar-refractivity contribution in [3.05, 3.63) is 29.3 Å². The third-order valence-electron chi connectivity index (χ3n) is 4.61. The first-order valence-electron chi connectivity index (χ1n) is 8.35. The SMILES string of the molecule is CCN(CC)S(=O)(=O)c1ccc(C)c(C(=O)N2CCC(C(=O)O)C2)c1. The quantitative estimate of drug-likeness (QED) is 0.822.